The van der Waals surface area contributed by atoms with Gasteiger partial charge in [0.25, 0.3) is 0 Å². The van der Waals surface area contributed by atoms with Gasteiger partial charge < -0.3 is 10.8 Å². The Kier molecular flexibility index (Phi) is 4.26. The molecule has 17 heavy (non-hydrogen) atoms. The molecule has 2 rings (SSSR count). The lowest BCUT2D eigenvalue weighted by molar-refractivity contribution is 0.0947. The predicted molar refractivity (Wildman–Crippen MR) is 71.0 cm³/mol. The minimum Gasteiger partial charge on any atom is -0.398 e. The van der Waals surface area contributed by atoms with Crippen molar-refractivity contribution >= 4 is 17.3 Å². The minimum atomic E-state index is 0.191. The molecule has 0 unspecified atom stereocenters. The van der Waals surface area contributed by atoms with Gasteiger partial charge in [-0.1, -0.05) is 18.0 Å². The summed E-state index contributed by atoms with van der Waals surface area (Å²) in [7, 11) is 0. The topological polar surface area (TPSA) is 49.5 Å². The summed E-state index contributed by atoms with van der Waals surface area (Å²) in [4.78, 5) is 2.30. The maximum atomic E-state index is 9.11. The molecule has 0 radical (unpaired) electrons. The highest BCUT2D eigenvalue weighted by atomic mass is 35.5. The molecule has 0 aliphatic heterocycles. The first-order valence-electron chi connectivity index (χ1n) is 6.09. The molecule has 3 nitrogen and oxygen atoms in total. The van der Waals surface area contributed by atoms with Crippen LogP contribution in [0, 0.1) is 0 Å². The quantitative estimate of drug-likeness (QED) is 0.793. The van der Waals surface area contributed by atoms with Gasteiger partial charge in [-0.25, -0.2) is 0 Å². The summed E-state index contributed by atoms with van der Waals surface area (Å²) in [6, 6.07) is 6.16. The molecule has 4 heteroatoms. The average molecular weight is 255 g/mol. The highest BCUT2D eigenvalue weighted by molar-refractivity contribution is 6.30. The van der Waals surface area contributed by atoms with Crippen LogP contribution in [-0.4, -0.2) is 29.2 Å². The number of nitrogen functional groups attached to an aromatic ring is 1. The van der Waals surface area contributed by atoms with Crippen molar-refractivity contribution in [1.82, 2.24) is 4.90 Å². The number of halogens is 1. The molecule has 0 amide bonds. The van der Waals surface area contributed by atoms with E-state index in [1.165, 1.54) is 19.3 Å². The molecule has 1 aliphatic carbocycles. The molecule has 0 saturated heterocycles. The Morgan fingerprint density at radius 2 is 2.18 bits per heavy atom. The van der Waals surface area contributed by atoms with Crippen molar-refractivity contribution in [3.05, 3.63) is 28.8 Å². The Hall–Kier alpha value is -0.770. The van der Waals surface area contributed by atoms with Crippen molar-refractivity contribution in [2.75, 3.05) is 18.9 Å². The Morgan fingerprint density at radius 3 is 2.76 bits per heavy atom. The van der Waals surface area contributed by atoms with Gasteiger partial charge in [0, 0.05) is 29.8 Å². The molecular formula is C13H19ClN2O. The molecule has 0 heterocycles. The number of nitrogens with two attached hydrogens (primary N) is 1. The molecule has 0 atom stereocenters. The van der Waals surface area contributed by atoms with Gasteiger partial charge in [0.1, 0.15) is 0 Å². The molecule has 1 aromatic rings. The van der Waals surface area contributed by atoms with E-state index < -0.39 is 0 Å². The van der Waals surface area contributed by atoms with Gasteiger partial charge in [-0.3, -0.25) is 4.90 Å². The molecule has 1 aliphatic rings. The van der Waals surface area contributed by atoms with Crippen LogP contribution >= 0.6 is 11.6 Å². The first-order valence-corrected chi connectivity index (χ1v) is 6.47. The summed E-state index contributed by atoms with van der Waals surface area (Å²) in [6.07, 6.45) is 3.73. The van der Waals surface area contributed by atoms with E-state index >= 15 is 0 Å². The Balaban J connectivity index is 2.07. The van der Waals surface area contributed by atoms with Crippen LogP contribution in [0.1, 0.15) is 24.8 Å². The van der Waals surface area contributed by atoms with E-state index in [-0.39, 0.29) is 6.61 Å². The first-order chi connectivity index (χ1) is 8.20. The van der Waals surface area contributed by atoms with Crippen LogP contribution in [0.2, 0.25) is 5.02 Å². The van der Waals surface area contributed by atoms with Crippen LogP contribution in [0.25, 0.3) is 0 Å². The second-order valence-electron chi connectivity index (χ2n) is 4.62. The summed E-state index contributed by atoms with van der Waals surface area (Å²) in [6.45, 7) is 1.67. The van der Waals surface area contributed by atoms with E-state index in [0.717, 1.165) is 17.8 Å². The molecule has 0 spiro atoms. The molecule has 1 fully saturated rings. The van der Waals surface area contributed by atoms with Crippen LogP contribution < -0.4 is 5.73 Å². The lowest BCUT2D eigenvalue weighted by Gasteiger charge is -2.37. The van der Waals surface area contributed by atoms with Gasteiger partial charge in [0.15, 0.2) is 0 Å². The third-order valence-corrected chi connectivity index (χ3v) is 3.69. The fourth-order valence-corrected chi connectivity index (χ4v) is 2.40. The van der Waals surface area contributed by atoms with Gasteiger partial charge >= 0.3 is 0 Å². The second kappa shape index (κ2) is 5.71. The van der Waals surface area contributed by atoms with Crippen LogP contribution in [0.5, 0.6) is 0 Å². The minimum absolute atomic E-state index is 0.191. The zero-order valence-electron chi connectivity index (χ0n) is 9.90. The largest absolute Gasteiger partial charge is 0.398 e. The zero-order chi connectivity index (χ0) is 12.3. The molecule has 94 valence electrons. The normalized spacial score (nSPS) is 16.2. The first kappa shape index (κ1) is 12.7. The summed E-state index contributed by atoms with van der Waals surface area (Å²) in [5, 5.41) is 9.82. The third kappa shape index (κ3) is 3.12. The zero-order valence-corrected chi connectivity index (χ0v) is 10.7. The molecule has 1 saturated carbocycles. The van der Waals surface area contributed by atoms with Crippen molar-refractivity contribution in [2.24, 2.45) is 0 Å². The van der Waals surface area contributed by atoms with Crippen molar-refractivity contribution in [2.45, 2.75) is 31.8 Å². The number of hydrogen-bond acceptors (Lipinski definition) is 3. The van der Waals surface area contributed by atoms with Gasteiger partial charge in [-0.2, -0.15) is 0 Å². The molecule has 1 aromatic carbocycles. The fraction of sp³-hybridized carbons (Fsp3) is 0.538. The predicted octanol–water partition coefficient (Wildman–Crippen LogP) is 2.27. The van der Waals surface area contributed by atoms with E-state index in [1.807, 2.05) is 12.1 Å². The molecule has 0 aromatic heterocycles. The summed E-state index contributed by atoms with van der Waals surface area (Å²) >= 11 is 5.98. The van der Waals surface area contributed by atoms with Crippen molar-refractivity contribution in [1.29, 1.82) is 0 Å². The SMILES string of the molecule is Nc1ccc(Cl)cc1CN(CCO)C1CCC1. The third-order valence-electron chi connectivity index (χ3n) is 3.46. The van der Waals surface area contributed by atoms with Gasteiger partial charge in [0.2, 0.25) is 0 Å². The lowest BCUT2D eigenvalue weighted by Crippen LogP contribution is -2.41. The van der Waals surface area contributed by atoms with Crippen LogP contribution in [-0.2, 0) is 6.54 Å². The Bertz CT molecular complexity index is 380. The van der Waals surface area contributed by atoms with E-state index in [9.17, 15) is 0 Å². The second-order valence-corrected chi connectivity index (χ2v) is 5.06. The number of anilines is 1. The lowest BCUT2D eigenvalue weighted by atomic mass is 9.91. The van der Waals surface area contributed by atoms with Crippen molar-refractivity contribution < 1.29 is 5.11 Å². The number of rotatable bonds is 5. The van der Waals surface area contributed by atoms with Gasteiger partial charge in [0.05, 0.1) is 6.61 Å². The number of aliphatic hydroxyl groups is 1. The van der Waals surface area contributed by atoms with E-state index in [0.29, 0.717) is 17.6 Å². The van der Waals surface area contributed by atoms with Crippen LogP contribution in [0.3, 0.4) is 0 Å². The smallest absolute Gasteiger partial charge is 0.0558 e. The van der Waals surface area contributed by atoms with Gasteiger partial charge in [-0.15, -0.1) is 0 Å². The van der Waals surface area contributed by atoms with E-state index in [1.54, 1.807) is 6.07 Å². The molecular weight excluding hydrogens is 236 g/mol. The highest BCUT2D eigenvalue weighted by Crippen LogP contribution is 2.27. The number of aliphatic hydroxyl groups excluding tert-OH is 1. The maximum absolute atomic E-state index is 9.11. The Labute approximate surface area is 107 Å². The number of benzene rings is 1. The van der Waals surface area contributed by atoms with Crippen molar-refractivity contribution in [3.8, 4) is 0 Å². The Morgan fingerprint density at radius 1 is 1.41 bits per heavy atom. The van der Waals surface area contributed by atoms with Crippen LogP contribution in [0.4, 0.5) is 5.69 Å². The monoisotopic (exact) mass is 254 g/mol. The van der Waals surface area contributed by atoms with Crippen molar-refractivity contribution in [3.63, 3.8) is 0 Å². The maximum Gasteiger partial charge on any atom is 0.0558 e. The average Bonchev–Trinajstić information content (AvgIpc) is 2.21. The summed E-state index contributed by atoms with van der Waals surface area (Å²) in [5.74, 6) is 0. The van der Waals surface area contributed by atoms with Crippen LogP contribution in [0.15, 0.2) is 18.2 Å². The summed E-state index contributed by atoms with van der Waals surface area (Å²) in [5.41, 5.74) is 7.77. The fourth-order valence-electron chi connectivity index (χ4n) is 2.20. The standard InChI is InChI=1S/C13H19ClN2O/c14-11-4-5-13(15)10(8-11)9-16(6-7-17)12-2-1-3-12/h4-5,8,12,17H,1-3,6-7,9,15H2. The highest BCUT2D eigenvalue weighted by Gasteiger charge is 2.24. The number of nitrogens with zero attached hydrogens (tertiary/aromatic N) is 1. The van der Waals surface area contributed by atoms with Gasteiger partial charge in [-0.05, 0) is 36.6 Å². The summed E-state index contributed by atoms with van der Waals surface area (Å²) < 4.78 is 0. The van der Waals surface area contributed by atoms with E-state index in [4.69, 9.17) is 22.4 Å². The molecule has 0 bridgehead atoms. The number of hydrogen-bond donors (Lipinski definition) is 2. The van der Waals surface area contributed by atoms with E-state index in [2.05, 4.69) is 4.90 Å². The molecule has 3 N–H and O–H groups in total.